The molecule has 2 aromatic rings. The van der Waals surface area contributed by atoms with Crippen LogP contribution in [0.15, 0.2) is 30.5 Å². The van der Waals surface area contributed by atoms with E-state index in [1.54, 1.807) is 7.05 Å². The number of carbonyl (C=O) groups is 1. The summed E-state index contributed by atoms with van der Waals surface area (Å²) in [6.45, 7) is 3.86. The van der Waals surface area contributed by atoms with E-state index in [9.17, 15) is 4.79 Å². The fourth-order valence-corrected chi connectivity index (χ4v) is 2.23. The Bertz CT molecular complexity index is 584. The first-order valence-corrected chi connectivity index (χ1v) is 6.00. The quantitative estimate of drug-likeness (QED) is 0.809. The molecule has 0 aliphatic carbocycles. The predicted octanol–water partition coefficient (Wildman–Crippen LogP) is 1.71. The molecule has 2 rings (SSSR count). The van der Waals surface area contributed by atoms with Gasteiger partial charge in [0.05, 0.1) is 5.41 Å². The Hall–Kier alpha value is -1.81. The number of aromatic nitrogens is 1. The van der Waals surface area contributed by atoms with E-state index in [2.05, 4.69) is 27.6 Å². The number of fused-ring (bicyclic) bond motifs is 1. The van der Waals surface area contributed by atoms with E-state index >= 15 is 0 Å². The number of carbonyl (C=O) groups excluding carboxylic acids is 1. The number of hydrazine groups is 1. The Morgan fingerprint density at radius 2 is 1.94 bits per heavy atom. The fourth-order valence-electron chi connectivity index (χ4n) is 2.23. The van der Waals surface area contributed by atoms with E-state index in [1.807, 2.05) is 39.2 Å². The van der Waals surface area contributed by atoms with Gasteiger partial charge in [0, 0.05) is 31.2 Å². The molecule has 1 aromatic heterocycles. The smallest absolute Gasteiger partial charge is 0.244 e. The van der Waals surface area contributed by atoms with Crippen LogP contribution in [0.25, 0.3) is 10.9 Å². The van der Waals surface area contributed by atoms with Gasteiger partial charge in [-0.1, -0.05) is 18.2 Å². The number of nitrogens with one attached hydrogen (secondary N) is 2. The molecule has 0 saturated carbocycles. The lowest BCUT2D eigenvalue weighted by atomic mass is 9.84. The summed E-state index contributed by atoms with van der Waals surface area (Å²) in [7, 11) is 3.69. The van der Waals surface area contributed by atoms with Crippen LogP contribution >= 0.6 is 0 Å². The van der Waals surface area contributed by atoms with Crippen molar-refractivity contribution >= 4 is 16.8 Å². The largest absolute Gasteiger partial charge is 0.350 e. The normalized spacial score (nSPS) is 11.8. The van der Waals surface area contributed by atoms with Crippen molar-refractivity contribution < 1.29 is 4.79 Å². The minimum absolute atomic E-state index is 0.0404. The summed E-state index contributed by atoms with van der Waals surface area (Å²) < 4.78 is 2.05. The molecule has 1 amide bonds. The van der Waals surface area contributed by atoms with Crippen LogP contribution in [0.2, 0.25) is 0 Å². The summed E-state index contributed by atoms with van der Waals surface area (Å²) in [5.74, 6) is -0.0404. The fraction of sp³-hybridized carbons (Fsp3) is 0.357. The Kier molecular flexibility index (Phi) is 3.13. The van der Waals surface area contributed by atoms with Gasteiger partial charge in [0.25, 0.3) is 0 Å². The second-order valence-electron chi connectivity index (χ2n) is 5.00. The van der Waals surface area contributed by atoms with Crippen LogP contribution in [0.4, 0.5) is 0 Å². The average Bonchev–Trinajstić information content (AvgIpc) is 2.68. The topological polar surface area (TPSA) is 46.1 Å². The van der Waals surface area contributed by atoms with Gasteiger partial charge in [-0.15, -0.1) is 0 Å². The highest BCUT2D eigenvalue weighted by Gasteiger charge is 2.32. The Balaban J connectivity index is 2.57. The van der Waals surface area contributed by atoms with Crippen LogP contribution in [0.5, 0.6) is 0 Å². The van der Waals surface area contributed by atoms with Gasteiger partial charge in [-0.2, -0.15) is 0 Å². The van der Waals surface area contributed by atoms with Crippen molar-refractivity contribution in [3.63, 3.8) is 0 Å². The maximum Gasteiger partial charge on any atom is 0.244 e. The van der Waals surface area contributed by atoms with Gasteiger partial charge < -0.3 is 4.57 Å². The Morgan fingerprint density at radius 1 is 1.28 bits per heavy atom. The molecule has 0 bridgehead atoms. The summed E-state index contributed by atoms with van der Waals surface area (Å²) >= 11 is 0. The van der Waals surface area contributed by atoms with Gasteiger partial charge in [0.15, 0.2) is 0 Å². The summed E-state index contributed by atoms with van der Waals surface area (Å²) in [4.78, 5) is 12.1. The van der Waals surface area contributed by atoms with Crippen molar-refractivity contribution in [1.82, 2.24) is 15.4 Å². The number of para-hydroxylation sites is 1. The lowest BCUT2D eigenvalue weighted by Crippen LogP contribution is -2.45. The van der Waals surface area contributed by atoms with E-state index in [0.29, 0.717) is 0 Å². The van der Waals surface area contributed by atoms with Crippen LogP contribution in [-0.2, 0) is 17.3 Å². The van der Waals surface area contributed by atoms with Crippen molar-refractivity contribution in [2.24, 2.45) is 7.05 Å². The van der Waals surface area contributed by atoms with Gasteiger partial charge in [0.1, 0.15) is 0 Å². The molecule has 4 nitrogen and oxygen atoms in total. The molecule has 0 fully saturated rings. The molecular weight excluding hydrogens is 226 g/mol. The van der Waals surface area contributed by atoms with Gasteiger partial charge in [0.2, 0.25) is 5.91 Å². The third-order valence-corrected chi connectivity index (χ3v) is 3.38. The van der Waals surface area contributed by atoms with Crippen molar-refractivity contribution in [2.75, 3.05) is 7.05 Å². The molecular formula is C14H19N3O. The molecule has 0 aliphatic heterocycles. The molecule has 18 heavy (non-hydrogen) atoms. The van der Waals surface area contributed by atoms with Gasteiger partial charge >= 0.3 is 0 Å². The molecule has 96 valence electrons. The zero-order chi connectivity index (χ0) is 13.3. The van der Waals surface area contributed by atoms with Crippen LogP contribution in [0, 0.1) is 0 Å². The summed E-state index contributed by atoms with van der Waals surface area (Å²) in [6.07, 6.45) is 2.03. The first kappa shape index (κ1) is 12.6. The number of amides is 1. The predicted molar refractivity (Wildman–Crippen MR) is 73.1 cm³/mol. The molecule has 0 atom stereocenters. The minimum Gasteiger partial charge on any atom is -0.350 e. The highest BCUT2D eigenvalue weighted by atomic mass is 16.2. The average molecular weight is 245 g/mol. The van der Waals surface area contributed by atoms with Crippen molar-refractivity contribution in [3.8, 4) is 0 Å². The van der Waals surface area contributed by atoms with E-state index in [1.165, 1.54) is 0 Å². The molecule has 0 radical (unpaired) electrons. The SMILES string of the molecule is CNNC(=O)C(C)(C)c1cn(C)c2ccccc12. The van der Waals surface area contributed by atoms with E-state index in [4.69, 9.17) is 0 Å². The second-order valence-corrected chi connectivity index (χ2v) is 5.00. The molecule has 4 heteroatoms. The highest BCUT2D eigenvalue weighted by molar-refractivity contribution is 5.94. The number of hydrogen-bond donors (Lipinski definition) is 2. The number of nitrogens with zero attached hydrogens (tertiary/aromatic N) is 1. The second kappa shape index (κ2) is 4.46. The van der Waals surface area contributed by atoms with Crippen LogP contribution < -0.4 is 10.9 Å². The molecule has 0 aliphatic rings. The number of hydrogen-bond acceptors (Lipinski definition) is 2. The molecule has 1 heterocycles. The van der Waals surface area contributed by atoms with Crippen LogP contribution in [0.3, 0.4) is 0 Å². The van der Waals surface area contributed by atoms with Gasteiger partial charge in [-0.3, -0.25) is 10.2 Å². The Labute approximate surface area is 107 Å². The highest BCUT2D eigenvalue weighted by Crippen LogP contribution is 2.31. The van der Waals surface area contributed by atoms with E-state index in [0.717, 1.165) is 16.5 Å². The van der Waals surface area contributed by atoms with Gasteiger partial charge in [-0.05, 0) is 25.5 Å². The summed E-state index contributed by atoms with van der Waals surface area (Å²) in [5, 5.41) is 1.12. The van der Waals surface area contributed by atoms with Crippen LogP contribution in [-0.4, -0.2) is 17.5 Å². The lowest BCUT2D eigenvalue weighted by Gasteiger charge is -2.23. The molecule has 0 unspecified atom stereocenters. The van der Waals surface area contributed by atoms with Crippen molar-refractivity contribution in [3.05, 3.63) is 36.0 Å². The van der Waals surface area contributed by atoms with E-state index in [-0.39, 0.29) is 5.91 Å². The monoisotopic (exact) mass is 245 g/mol. The van der Waals surface area contributed by atoms with Crippen LogP contribution in [0.1, 0.15) is 19.4 Å². The van der Waals surface area contributed by atoms with Gasteiger partial charge in [-0.25, -0.2) is 5.43 Å². The number of rotatable bonds is 3. The number of aryl methyl sites for hydroxylation is 1. The summed E-state index contributed by atoms with van der Waals surface area (Å²) in [5.41, 5.74) is 6.94. The summed E-state index contributed by atoms with van der Waals surface area (Å²) in [6, 6.07) is 8.12. The van der Waals surface area contributed by atoms with Crippen molar-refractivity contribution in [1.29, 1.82) is 0 Å². The zero-order valence-corrected chi connectivity index (χ0v) is 11.2. The molecule has 0 spiro atoms. The van der Waals surface area contributed by atoms with Crippen molar-refractivity contribution in [2.45, 2.75) is 19.3 Å². The standard InChI is InChI=1S/C14H19N3O/c1-14(2,13(18)16-15-3)11-9-17(4)12-8-6-5-7-10(11)12/h5-9,15H,1-4H3,(H,16,18). The Morgan fingerprint density at radius 3 is 2.61 bits per heavy atom. The third kappa shape index (κ3) is 1.88. The molecule has 2 N–H and O–H groups in total. The van der Waals surface area contributed by atoms with E-state index < -0.39 is 5.41 Å². The third-order valence-electron chi connectivity index (χ3n) is 3.38. The first-order valence-electron chi connectivity index (χ1n) is 6.00. The molecule has 1 aromatic carbocycles. The maximum absolute atomic E-state index is 12.1. The zero-order valence-electron chi connectivity index (χ0n) is 11.2. The minimum atomic E-state index is -0.579. The maximum atomic E-state index is 12.1. The first-order chi connectivity index (χ1) is 8.48. The molecule has 0 saturated heterocycles. The lowest BCUT2D eigenvalue weighted by molar-refractivity contribution is -0.126. The number of benzene rings is 1.